The number of nitrogens with one attached hydrogen (secondary N) is 1. The summed E-state index contributed by atoms with van der Waals surface area (Å²) in [6.45, 7) is 1.10. The third-order valence-electron chi connectivity index (χ3n) is 4.21. The van der Waals surface area contributed by atoms with Gasteiger partial charge in [0.05, 0.1) is 10.1 Å². The van der Waals surface area contributed by atoms with E-state index < -0.39 is 6.09 Å². The van der Waals surface area contributed by atoms with Crippen LogP contribution in [0, 0.1) is 0 Å². The standard InChI is InChI=1S/C16H18N4O5S/c21-13(9-17-16(24)25)18-5-7-19(8-6-18)14(22)10-20-15(23)11-3-1-2-4-12(11)26-20/h1-4,17H,5-10H2,(H,24,25). The van der Waals surface area contributed by atoms with Gasteiger partial charge in [0.25, 0.3) is 5.56 Å². The van der Waals surface area contributed by atoms with E-state index in [9.17, 15) is 19.2 Å². The average molecular weight is 378 g/mol. The summed E-state index contributed by atoms with van der Waals surface area (Å²) in [7, 11) is 0. The number of fused-ring (bicyclic) bond motifs is 1. The van der Waals surface area contributed by atoms with Crippen LogP contribution in [0.5, 0.6) is 0 Å². The van der Waals surface area contributed by atoms with E-state index in [1.165, 1.54) is 20.4 Å². The van der Waals surface area contributed by atoms with Crippen LogP contribution in [-0.4, -0.2) is 69.5 Å². The monoisotopic (exact) mass is 378 g/mol. The quantitative estimate of drug-likeness (QED) is 0.778. The summed E-state index contributed by atoms with van der Waals surface area (Å²) in [6.07, 6.45) is -1.25. The van der Waals surface area contributed by atoms with Gasteiger partial charge in [0.1, 0.15) is 13.1 Å². The Kier molecular flexibility index (Phi) is 5.21. The van der Waals surface area contributed by atoms with Gasteiger partial charge in [0.15, 0.2) is 0 Å². The zero-order valence-electron chi connectivity index (χ0n) is 13.9. The minimum absolute atomic E-state index is 0.0211. The lowest BCUT2D eigenvalue weighted by Crippen LogP contribution is -2.53. The molecule has 1 aliphatic heterocycles. The molecule has 0 radical (unpaired) electrons. The number of rotatable bonds is 4. The van der Waals surface area contributed by atoms with Gasteiger partial charge in [-0.05, 0) is 12.1 Å². The fraction of sp³-hybridized carbons (Fsp3) is 0.375. The minimum Gasteiger partial charge on any atom is -0.465 e. The first kappa shape index (κ1) is 17.9. The number of carbonyl (C=O) groups is 3. The molecule has 2 N–H and O–H groups in total. The highest BCUT2D eigenvalue weighted by atomic mass is 32.1. The summed E-state index contributed by atoms with van der Waals surface area (Å²) in [6, 6.07) is 7.22. The van der Waals surface area contributed by atoms with Gasteiger partial charge in [-0.25, -0.2) is 4.79 Å². The van der Waals surface area contributed by atoms with Crippen molar-refractivity contribution in [2.24, 2.45) is 0 Å². The number of carbonyl (C=O) groups excluding carboxylic acids is 2. The van der Waals surface area contributed by atoms with Crippen molar-refractivity contribution in [2.75, 3.05) is 32.7 Å². The Morgan fingerprint density at radius 2 is 1.65 bits per heavy atom. The van der Waals surface area contributed by atoms with Crippen LogP contribution in [0.3, 0.4) is 0 Å². The molecule has 0 atom stereocenters. The highest BCUT2D eigenvalue weighted by molar-refractivity contribution is 7.13. The molecule has 0 saturated carbocycles. The molecule has 1 saturated heterocycles. The van der Waals surface area contributed by atoms with Gasteiger partial charge in [0.2, 0.25) is 11.8 Å². The van der Waals surface area contributed by atoms with E-state index in [1.807, 2.05) is 17.4 Å². The van der Waals surface area contributed by atoms with Gasteiger partial charge in [0, 0.05) is 26.2 Å². The van der Waals surface area contributed by atoms with Gasteiger partial charge >= 0.3 is 6.09 Å². The molecule has 0 spiro atoms. The number of aromatic nitrogens is 1. The van der Waals surface area contributed by atoms with Crippen LogP contribution in [0.2, 0.25) is 0 Å². The Bertz CT molecular complexity index is 897. The van der Waals surface area contributed by atoms with Crippen LogP contribution in [0.25, 0.3) is 10.1 Å². The molecule has 1 aromatic carbocycles. The van der Waals surface area contributed by atoms with Crippen molar-refractivity contribution in [3.8, 4) is 0 Å². The number of piperazine rings is 1. The van der Waals surface area contributed by atoms with Crippen LogP contribution in [0.1, 0.15) is 0 Å². The third-order valence-corrected chi connectivity index (χ3v) is 5.28. The second kappa shape index (κ2) is 7.56. The SMILES string of the molecule is O=C(O)NCC(=O)N1CCN(C(=O)Cn2sc3ccccc3c2=O)CC1. The normalized spacial score (nSPS) is 14.5. The molecule has 1 fully saturated rings. The molecule has 3 rings (SSSR count). The number of carboxylic acid groups (broad SMARTS) is 1. The molecule has 0 aliphatic carbocycles. The lowest BCUT2D eigenvalue weighted by molar-refractivity contribution is -0.139. The zero-order chi connectivity index (χ0) is 18.7. The number of hydrogen-bond donors (Lipinski definition) is 2. The van der Waals surface area contributed by atoms with Gasteiger partial charge in [-0.1, -0.05) is 23.7 Å². The predicted molar refractivity (Wildman–Crippen MR) is 95.3 cm³/mol. The maximum atomic E-state index is 12.5. The van der Waals surface area contributed by atoms with E-state index in [4.69, 9.17) is 5.11 Å². The molecule has 3 amide bonds. The lowest BCUT2D eigenvalue weighted by Gasteiger charge is -2.34. The Balaban J connectivity index is 1.56. The lowest BCUT2D eigenvalue weighted by atomic mass is 10.3. The van der Waals surface area contributed by atoms with Gasteiger partial charge < -0.3 is 20.2 Å². The summed E-state index contributed by atoms with van der Waals surface area (Å²) >= 11 is 1.26. The number of benzene rings is 1. The van der Waals surface area contributed by atoms with Crippen molar-refractivity contribution in [3.05, 3.63) is 34.6 Å². The Hall–Kier alpha value is -2.88. The molecule has 1 aromatic heterocycles. The van der Waals surface area contributed by atoms with E-state index in [2.05, 4.69) is 0 Å². The molecule has 0 unspecified atom stereocenters. The third kappa shape index (κ3) is 3.85. The maximum Gasteiger partial charge on any atom is 0.405 e. The molecule has 138 valence electrons. The largest absolute Gasteiger partial charge is 0.465 e. The average Bonchev–Trinajstić information content (AvgIpc) is 2.95. The van der Waals surface area contributed by atoms with Crippen molar-refractivity contribution >= 4 is 39.5 Å². The summed E-state index contributed by atoms with van der Waals surface area (Å²) in [4.78, 5) is 50.2. The maximum absolute atomic E-state index is 12.5. The van der Waals surface area contributed by atoms with Gasteiger partial charge in [-0.3, -0.25) is 18.3 Å². The Morgan fingerprint density at radius 3 is 2.27 bits per heavy atom. The van der Waals surface area contributed by atoms with Crippen LogP contribution < -0.4 is 10.9 Å². The van der Waals surface area contributed by atoms with Crippen molar-refractivity contribution in [1.29, 1.82) is 0 Å². The van der Waals surface area contributed by atoms with Crippen molar-refractivity contribution in [3.63, 3.8) is 0 Å². The van der Waals surface area contributed by atoms with Crippen LogP contribution in [0.4, 0.5) is 4.79 Å². The first-order valence-corrected chi connectivity index (χ1v) is 8.84. The number of nitrogens with zero attached hydrogens (tertiary/aromatic N) is 3. The van der Waals surface area contributed by atoms with E-state index in [1.54, 1.807) is 17.0 Å². The molecule has 10 heteroatoms. The van der Waals surface area contributed by atoms with Crippen molar-refractivity contribution in [1.82, 2.24) is 19.1 Å². The predicted octanol–water partition coefficient (Wildman–Crippen LogP) is 0.00140. The van der Waals surface area contributed by atoms with Crippen molar-refractivity contribution < 1.29 is 19.5 Å². The van der Waals surface area contributed by atoms with E-state index in [0.717, 1.165) is 4.70 Å². The van der Waals surface area contributed by atoms with Crippen LogP contribution >= 0.6 is 11.5 Å². The van der Waals surface area contributed by atoms with Crippen LogP contribution in [0.15, 0.2) is 29.1 Å². The highest BCUT2D eigenvalue weighted by Gasteiger charge is 2.25. The molecule has 2 heterocycles. The fourth-order valence-electron chi connectivity index (χ4n) is 2.81. The smallest absolute Gasteiger partial charge is 0.405 e. The molecule has 1 aliphatic rings. The molecule has 2 aromatic rings. The van der Waals surface area contributed by atoms with E-state index in [-0.39, 0.29) is 30.5 Å². The molecule has 9 nitrogen and oxygen atoms in total. The van der Waals surface area contributed by atoms with Gasteiger partial charge in [-0.15, -0.1) is 0 Å². The van der Waals surface area contributed by atoms with E-state index >= 15 is 0 Å². The summed E-state index contributed by atoms with van der Waals surface area (Å²) in [5.41, 5.74) is -0.174. The molecule has 0 bridgehead atoms. The Labute approximate surface area is 152 Å². The first-order chi connectivity index (χ1) is 12.5. The Morgan fingerprint density at radius 1 is 1.04 bits per heavy atom. The molecule has 26 heavy (non-hydrogen) atoms. The van der Waals surface area contributed by atoms with Crippen molar-refractivity contribution in [2.45, 2.75) is 6.54 Å². The first-order valence-electron chi connectivity index (χ1n) is 8.07. The van der Waals surface area contributed by atoms with E-state index in [0.29, 0.717) is 31.6 Å². The second-order valence-corrected chi connectivity index (χ2v) is 6.91. The summed E-state index contributed by atoms with van der Waals surface area (Å²) in [5.74, 6) is -0.491. The zero-order valence-corrected chi connectivity index (χ0v) is 14.7. The number of amides is 3. The minimum atomic E-state index is -1.25. The fourth-order valence-corrected chi connectivity index (χ4v) is 3.80. The topological polar surface area (TPSA) is 112 Å². The molecular weight excluding hydrogens is 360 g/mol. The highest BCUT2D eigenvalue weighted by Crippen LogP contribution is 2.16. The van der Waals surface area contributed by atoms with Crippen LogP contribution in [-0.2, 0) is 16.1 Å². The van der Waals surface area contributed by atoms with Gasteiger partial charge in [-0.2, -0.15) is 0 Å². The summed E-state index contributed by atoms with van der Waals surface area (Å²) in [5, 5.41) is 11.2. The summed E-state index contributed by atoms with van der Waals surface area (Å²) < 4.78 is 2.29. The molecular formula is C16H18N4O5S. The number of hydrogen-bond acceptors (Lipinski definition) is 5. The second-order valence-electron chi connectivity index (χ2n) is 5.85.